The fourth-order valence-corrected chi connectivity index (χ4v) is 6.48. The van der Waals surface area contributed by atoms with Gasteiger partial charge in [-0.15, -0.1) is 0 Å². The molecule has 0 atom stereocenters. The molecule has 0 fully saturated rings. The van der Waals surface area contributed by atoms with E-state index in [1.165, 1.54) is 0 Å². The molecule has 0 spiro atoms. The summed E-state index contributed by atoms with van der Waals surface area (Å²) in [6.45, 7) is 12.1. The molecule has 216 valence electrons. The smallest absolute Gasteiger partial charge is 0.339 e. The molecule has 0 unspecified atom stereocenters. The van der Waals surface area contributed by atoms with Crippen molar-refractivity contribution in [3.63, 3.8) is 0 Å². The summed E-state index contributed by atoms with van der Waals surface area (Å²) < 4.78 is 65.1. The number of allylic oxidation sites excluding steroid dienone is 3. The summed E-state index contributed by atoms with van der Waals surface area (Å²) in [7, 11) is 0. The van der Waals surface area contributed by atoms with Gasteiger partial charge < -0.3 is 15.2 Å². The quantitative estimate of drug-likeness (QED) is 0.195. The summed E-state index contributed by atoms with van der Waals surface area (Å²) in [4.78, 5) is 12.0. The Balaban J connectivity index is 1.70. The number of benzene rings is 3. The van der Waals surface area contributed by atoms with Crippen LogP contribution in [0.4, 0.5) is 23.2 Å². The molecule has 0 saturated heterocycles. The summed E-state index contributed by atoms with van der Waals surface area (Å²) in [6, 6.07) is 7.42. The highest BCUT2D eigenvalue weighted by Crippen LogP contribution is 2.44. The molecule has 3 aromatic carbocycles. The highest BCUT2D eigenvalue weighted by Gasteiger charge is 2.33. The van der Waals surface area contributed by atoms with E-state index >= 15 is 4.39 Å². The topological polar surface area (TPSA) is 58.6 Å². The summed E-state index contributed by atoms with van der Waals surface area (Å²) in [5, 5.41) is 14.6. The second-order valence-corrected chi connectivity index (χ2v) is 12.5. The van der Waals surface area contributed by atoms with Gasteiger partial charge in [0.1, 0.15) is 17.1 Å². The van der Waals surface area contributed by atoms with E-state index in [2.05, 4.69) is 37.4 Å². The average molecular weight is 576 g/mol. The van der Waals surface area contributed by atoms with Crippen molar-refractivity contribution in [2.24, 2.45) is 5.41 Å². The number of hydrogen-bond acceptors (Lipinski definition) is 3. The van der Waals surface area contributed by atoms with E-state index in [1.807, 2.05) is 52.0 Å². The van der Waals surface area contributed by atoms with Gasteiger partial charge in [-0.1, -0.05) is 32.1 Å². The maximum absolute atomic E-state index is 15.3. The second-order valence-electron chi connectivity index (χ2n) is 12.5. The van der Waals surface area contributed by atoms with Crippen molar-refractivity contribution in [1.29, 1.82) is 0 Å². The van der Waals surface area contributed by atoms with Crippen LogP contribution in [0.15, 0.2) is 36.4 Å². The molecule has 0 aromatic heterocycles. The Labute approximate surface area is 240 Å². The Kier molecular flexibility index (Phi) is 6.02. The first-order chi connectivity index (χ1) is 19.6. The van der Waals surface area contributed by atoms with Gasteiger partial charge in [0.15, 0.2) is 23.3 Å². The SMILES string of the molecule is CC1=CC(C)(C)Nc2cc3c(cc21)C(Cc1c(F)c(F)c(F)c(F)c1C(=O)O)=c1cc2c(cc1O3)=CC(C)(C)C=C2C. The highest BCUT2D eigenvalue weighted by atomic mass is 19.2. The van der Waals surface area contributed by atoms with E-state index in [1.54, 1.807) is 0 Å². The zero-order valence-corrected chi connectivity index (χ0v) is 24.0. The molecule has 1 aliphatic carbocycles. The number of anilines is 1. The molecule has 2 heterocycles. The van der Waals surface area contributed by atoms with Crippen molar-refractivity contribution in [3.8, 4) is 11.5 Å². The van der Waals surface area contributed by atoms with E-state index in [4.69, 9.17) is 4.74 Å². The molecular weight excluding hydrogens is 546 g/mol. The third kappa shape index (κ3) is 4.32. The predicted octanol–water partition coefficient (Wildman–Crippen LogP) is 7.32. The van der Waals surface area contributed by atoms with Gasteiger partial charge in [0.05, 0.1) is 5.54 Å². The van der Waals surface area contributed by atoms with Crippen molar-refractivity contribution < 1.29 is 32.2 Å². The number of carboxylic acid groups (broad SMARTS) is 1. The lowest BCUT2D eigenvalue weighted by atomic mass is 9.81. The van der Waals surface area contributed by atoms with E-state index in [0.717, 1.165) is 33.2 Å². The van der Waals surface area contributed by atoms with Gasteiger partial charge in [0.25, 0.3) is 0 Å². The summed E-state index contributed by atoms with van der Waals surface area (Å²) in [5.74, 6) is -8.96. The molecule has 4 nitrogen and oxygen atoms in total. The second kappa shape index (κ2) is 9.08. The molecule has 6 rings (SSSR count). The number of hydrogen-bond donors (Lipinski definition) is 2. The molecule has 2 N–H and O–H groups in total. The molecule has 3 aliphatic rings. The van der Waals surface area contributed by atoms with E-state index in [9.17, 15) is 23.1 Å². The van der Waals surface area contributed by atoms with Crippen LogP contribution < -0.4 is 20.5 Å². The first kappa shape index (κ1) is 27.8. The standard InChI is InChI=1S/C34H29F4NO3/c1-15-12-33(3,4)14-17-7-25-21(8-18(15)17)20(10-23-27(32(40)41)29(36)31(38)30(37)28(23)35)22-9-19-16(2)13-34(5,6)39-24(19)11-26(22)42-25/h7-9,11-14,39H,10H2,1-6H3,(H,40,41). The number of aromatic carboxylic acids is 1. The number of ether oxygens (including phenoxy) is 1. The van der Waals surface area contributed by atoms with E-state index in [0.29, 0.717) is 27.9 Å². The van der Waals surface area contributed by atoms with Gasteiger partial charge in [-0.25, -0.2) is 22.4 Å². The minimum Gasteiger partial charge on any atom is -0.478 e. The molecule has 0 amide bonds. The summed E-state index contributed by atoms with van der Waals surface area (Å²) in [5.41, 5.74) is 2.85. The normalized spacial score (nSPS) is 17.3. The Morgan fingerprint density at radius 2 is 1.48 bits per heavy atom. The summed E-state index contributed by atoms with van der Waals surface area (Å²) >= 11 is 0. The minimum absolute atomic E-state index is 0.217. The Morgan fingerprint density at radius 1 is 0.810 bits per heavy atom. The van der Waals surface area contributed by atoms with Crippen LogP contribution in [0.2, 0.25) is 0 Å². The zero-order chi connectivity index (χ0) is 30.5. The zero-order valence-electron chi connectivity index (χ0n) is 24.0. The lowest BCUT2D eigenvalue weighted by Gasteiger charge is -2.33. The highest BCUT2D eigenvalue weighted by molar-refractivity contribution is 5.92. The van der Waals surface area contributed by atoms with Crippen LogP contribution in [0.1, 0.15) is 74.2 Å². The van der Waals surface area contributed by atoms with Crippen LogP contribution in [0, 0.1) is 28.7 Å². The number of rotatable bonds is 3. The maximum atomic E-state index is 15.3. The minimum atomic E-state index is -2.16. The van der Waals surface area contributed by atoms with Gasteiger partial charge in [0, 0.05) is 45.5 Å². The molecule has 8 heteroatoms. The Morgan fingerprint density at radius 3 is 2.17 bits per heavy atom. The molecule has 42 heavy (non-hydrogen) atoms. The van der Waals surface area contributed by atoms with E-state index in [-0.39, 0.29) is 11.0 Å². The number of nitrogens with one attached hydrogen (secondary N) is 1. The van der Waals surface area contributed by atoms with Gasteiger partial charge in [-0.2, -0.15) is 0 Å². The number of carboxylic acids is 1. The molecule has 3 aromatic rings. The molecule has 0 bridgehead atoms. The number of fused-ring (bicyclic) bond motifs is 4. The third-order valence-electron chi connectivity index (χ3n) is 8.07. The van der Waals surface area contributed by atoms with Crippen molar-refractivity contribution in [3.05, 3.63) is 97.9 Å². The first-order valence-electron chi connectivity index (χ1n) is 13.6. The lowest BCUT2D eigenvalue weighted by molar-refractivity contribution is 0.0688. The van der Waals surface area contributed by atoms with Gasteiger partial charge >= 0.3 is 5.97 Å². The average Bonchev–Trinajstić information content (AvgIpc) is 2.87. The predicted molar refractivity (Wildman–Crippen MR) is 155 cm³/mol. The first-order valence-corrected chi connectivity index (χ1v) is 13.6. The lowest BCUT2D eigenvalue weighted by Crippen LogP contribution is -2.32. The van der Waals surface area contributed by atoms with Crippen LogP contribution in [-0.2, 0) is 6.42 Å². The molecule has 0 saturated carbocycles. The Hall–Kier alpha value is -4.33. The largest absolute Gasteiger partial charge is 0.478 e. The number of halogens is 4. The fraction of sp³-hybridized carbons (Fsp3) is 0.265. The van der Waals surface area contributed by atoms with Gasteiger partial charge in [0.2, 0.25) is 0 Å². The molecule has 0 radical (unpaired) electrons. The van der Waals surface area contributed by atoms with Crippen LogP contribution >= 0.6 is 0 Å². The van der Waals surface area contributed by atoms with Crippen LogP contribution in [0.25, 0.3) is 22.8 Å². The molecular formula is C34H29F4NO3. The van der Waals surface area contributed by atoms with Crippen molar-refractivity contribution in [2.75, 3.05) is 5.32 Å². The third-order valence-corrected chi connectivity index (χ3v) is 8.07. The van der Waals surface area contributed by atoms with Gasteiger partial charge in [-0.3, -0.25) is 0 Å². The van der Waals surface area contributed by atoms with Crippen molar-refractivity contribution in [2.45, 2.75) is 53.5 Å². The number of carbonyl (C=O) groups is 1. The van der Waals surface area contributed by atoms with Crippen LogP contribution in [0.3, 0.4) is 0 Å². The summed E-state index contributed by atoms with van der Waals surface area (Å²) in [6.07, 6.45) is 5.76. The van der Waals surface area contributed by atoms with Crippen molar-refractivity contribution >= 4 is 34.5 Å². The van der Waals surface area contributed by atoms with Crippen LogP contribution in [-0.4, -0.2) is 16.6 Å². The van der Waals surface area contributed by atoms with Crippen LogP contribution in [0.5, 0.6) is 11.5 Å². The maximum Gasteiger partial charge on any atom is 0.339 e. The van der Waals surface area contributed by atoms with Crippen molar-refractivity contribution in [1.82, 2.24) is 0 Å². The van der Waals surface area contributed by atoms with E-state index < -0.39 is 46.8 Å². The van der Waals surface area contributed by atoms with Gasteiger partial charge in [-0.05, 0) is 73.4 Å². The fourth-order valence-electron chi connectivity index (χ4n) is 6.48. The molecule has 2 aliphatic heterocycles. The monoisotopic (exact) mass is 575 g/mol. The Bertz CT molecular complexity index is 1950.